The zero-order valence-electron chi connectivity index (χ0n) is 16.2. The standard InChI is InChI=1S/C20H27N3O4/c1-15-14-18(16(2)27-15)20(25)23(12-13-26-3)11-8-19(24)22-10-7-17-6-4-5-9-21-17/h4-6,9,14H,7-8,10-13H2,1-3H3,(H,22,24). The van der Waals surface area contributed by atoms with Gasteiger partial charge in [-0.3, -0.25) is 14.6 Å². The molecule has 7 heteroatoms. The van der Waals surface area contributed by atoms with Crippen molar-refractivity contribution >= 4 is 11.8 Å². The summed E-state index contributed by atoms with van der Waals surface area (Å²) in [5, 5.41) is 2.87. The Kier molecular flexibility index (Phi) is 8.00. The number of nitrogens with one attached hydrogen (secondary N) is 1. The number of hydrogen-bond acceptors (Lipinski definition) is 5. The van der Waals surface area contributed by atoms with Crippen LogP contribution in [-0.4, -0.2) is 55.0 Å². The summed E-state index contributed by atoms with van der Waals surface area (Å²) < 4.78 is 10.5. The van der Waals surface area contributed by atoms with Crippen molar-refractivity contribution in [2.24, 2.45) is 0 Å². The molecule has 0 radical (unpaired) electrons. The highest BCUT2D eigenvalue weighted by Crippen LogP contribution is 2.16. The van der Waals surface area contributed by atoms with Gasteiger partial charge >= 0.3 is 0 Å². The summed E-state index contributed by atoms with van der Waals surface area (Å²) in [7, 11) is 1.58. The van der Waals surface area contributed by atoms with E-state index in [2.05, 4.69) is 10.3 Å². The van der Waals surface area contributed by atoms with Gasteiger partial charge in [0.2, 0.25) is 5.91 Å². The SMILES string of the molecule is COCCN(CCC(=O)NCCc1ccccn1)C(=O)c1cc(C)oc1C. The molecule has 2 amide bonds. The van der Waals surface area contributed by atoms with Crippen LogP contribution in [0.2, 0.25) is 0 Å². The first-order valence-corrected chi connectivity index (χ1v) is 9.03. The Balaban J connectivity index is 1.85. The van der Waals surface area contributed by atoms with Crippen LogP contribution >= 0.6 is 0 Å². The number of hydrogen-bond donors (Lipinski definition) is 1. The molecule has 1 N–H and O–H groups in total. The molecule has 2 rings (SSSR count). The van der Waals surface area contributed by atoms with E-state index in [4.69, 9.17) is 9.15 Å². The number of furan rings is 1. The number of methoxy groups -OCH3 is 1. The zero-order chi connectivity index (χ0) is 19.6. The molecular formula is C20H27N3O4. The molecule has 0 aromatic carbocycles. The first kappa shape index (κ1) is 20.6. The largest absolute Gasteiger partial charge is 0.466 e. The summed E-state index contributed by atoms with van der Waals surface area (Å²) in [4.78, 5) is 30.7. The molecular weight excluding hydrogens is 346 g/mol. The summed E-state index contributed by atoms with van der Waals surface area (Å²) in [6, 6.07) is 7.43. The van der Waals surface area contributed by atoms with Gasteiger partial charge in [0.1, 0.15) is 11.5 Å². The van der Waals surface area contributed by atoms with Gasteiger partial charge in [-0.2, -0.15) is 0 Å². The third-order valence-corrected chi connectivity index (χ3v) is 4.16. The van der Waals surface area contributed by atoms with E-state index >= 15 is 0 Å². The lowest BCUT2D eigenvalue weighted by Crippen LogP contribution is -2.37. The van der Waals surface area contributed by atoms with Crippen LogP contribution < -0.4 is 5.32 Å². The van der Waals surface area contributed by atoms with Crippen LogP contribution in [0.4, 0.5) is 0 Å². The van der Waals surface area contributed by atoms with Crippen molar-refractivity contribution in [3.05, 3.63) is 53.2 Å². The number of aromatic nitrogens is 1. The van der Waals surface area contributed by atoms with Gasteiger partial charge in [0, 0.05) is 51.5 Å². The van der Waals surface area contributed by atoms with E-state index in [1.807, 2.05) is 18.2 Å². The van der Waals surface area contributed by atoms with E-state index in [0.717, 1.165) is 5.69 Å². The van der Waals surface area contributed by atoms with Crippen molar-refractivity contribution in [2.75, 3.05) is 33.4 Å². The van der Waals surface area contributed by atoms with Gasteiger partial charge < -0.3 is 19.4 Å². The highest BCUT2D eigenvalue weighted by molar-refractivity contribution is 5.95. The molecule has 0 atom stereocenters. The van der Waals surface area contributed by atoms with Gasteiger partial charge in [-0.1, -0.05) is 6.07 Å². The fourth-order valence-electron chi connectivity index (χ4n) is 2.73. The van der Waals surface area contributed by atoms with Crippen LogP contribution in [0.25, 0.3) is 0 Å². The molecule has 27 heavy (non-hydrogen) atoms. The van der Waals surface area contributed by atoms with Gasteiger partial charge in [0.25, 0.3) is 5.91 Å². The topological polar surface area (TPSA) is 84.7 Å². The number of carbonyl (C=O) groups is 2. The maximum Gasteiger partial charge on any atom is 0.257 e. The van der Waals surface area contributed by atoms with Crippen LogP contribution in [0.3, 0.4) is 0 Å². The summed E-state index contributed by atoms with van der Waals surface area (Å²) in [5.74, 6) is 1.03. The second-order valence-corrected chi connectivity index (χ2v) is 6.28. The van der Waals surface area contributed by atoms with Crippen LogP contribution in [0.1, 0.15) is 34.0 Å². The fraction of sp³-hybridized carbons (Fsp3) is 0.450. The quantitative estimate of drug-likeness (QED) is 0.690. The third kappa shape index (κ3) is 6.53. The van der Waals surface area contributed by atoms with E-state index in [9.17, 15) is 9.59 Å². The number of nitrogens with zero attached hydrogens (tertiary/aromatic N) is 2. The van der Waals surface area contributed by atoms with E-state index in [-0.39, 0.29) is 18.2 Å². The molecule has 2 aromatic rings. The Labute approximate surface area is 159 Å². The third-order valence-electron chi connectivity index (χ3n) is 4.16. The minimum atomic E-state index is -0.150. The lowest BCUT2D eigenvalue weighted by molar-refractivity contribution is -0.121. The maximum atomic E-state index is 12.8. The molecule has 0 aliphatic rings. The molecule has 146 valence electrons. The molecule has 0 bridgehead atoms. The van der Waals surface area contributed by atoms with E-state index in [0.29, 0.717) is 49.7 Å². The van der Waals surface area contributed by atoms with E-state index in [1.165, 1.54) is 0 Å². The summed E-state index contributed by atoms with van der Waals surface area (Å²) in [5.41, 5.74) is 1.46. The Morgan fingerprint density at radius 3 is 2.70 bits per heavy atom. The minimum Gasteiger partial charge on any atom is -0.466 e. The molecule has 0 aliphatic heterocycles. The first-order chi connectivity index (χ1) is 13.0. The van der Waals surface area contributed by atoms with Gasteiger partial charge in [0.15, 0.2) is 0 Å². The van der Waals surface area contributed by atoms with Gasteiger partial charge in [-0.15, -0.1) is 0 Å². The number of amides is 2. The first-order valence-electron chi connectivity index (χ1n) is 9.03. The molecule has 2 aromatic heterocycles. The predicted molar refractivity (Wildman–Crippen MR) is 102 cm³/mol. The van der Waals surface area contributed by atoms with Crippen molar-refractivity contribution in [3.8, 4) is 0 Å². The lowest BCUT2D eigenvalue weighted by atomic mass is 10.2. The molecule has 0 aliphatic carbocycles. The monoisotopic (exact) mass is 373 g/mol. The van der Waals surface area contributed by atoms with Gasteiger partial charge in [0.05, 0.1) is 12.2 Å². The van der Waals surface area contributed by atoms with Crippen molar-refractivity contribution in [2.45, 2.75) is 26.7 Å². The number of pyridine rings is 1. The average Bonchev–Trinajstić information content (AvgIpc) is 3.00. The maximum absolute atomic E-state index is 12.8. The Bertz CT molecular complexity index is 743. The van der Waals surface area contributed by atoms with E-state index < -0.39 is 0 Å². The van der Waals surface area contributed by atoms with Crippen molar-refractivity contribution in [3.63, 3.8) is 0 Å². The van der Waals surface area contributed by atoms with Crippen molar-refractivity contribution in [1.82, 2.24) is 15.2 Å². The molecule has 0 unspecified atom stereocenters. The van der Waals surface area contributed by atoms with Gasteiger partial charge in [-0.25, -0.2) is 0 Å². The molecule has 7 nitrogen and oxygen atoms in total. The summed E-state index contributed by atoms with van der Waals surface area (Å²) >= 11 is 0. The number of ether oxygens (including phenoxy) is 1. The molecule has 0 saturated heterocycles. The smallest absolute Gasteiger partial charge is 0.257 e. The Morgan fingerprint density at radius 1 is 1.26 bits per heavy atom. The van der Waals surface area contributed by atoms with Crippen LogP contribution in [0.5, 0.6) is 0 Å². The van der Waals surface area contributed by atoms with Gasteiger partial charge in [-0.05, 0) is 32.0 Å². The number of carbonyl (C=O) groups excluding carboxylic acids is 2. The van der Waals surface area contributed by atoms with Crippen LogP contribution in [0, 0.1) is 13.8 Å². The Morgan fingerprint density at radius 2 is 2.07 bits per heavy atom. The highest BCUT2D eigenvalue weighted by Gasteiger charge is 2.21. The second-order valence-electron chi connectivity index (χ2n) is 6.28. The molecule has 0 spiro atoms. The predicted octanol–water partition coefficient (Wildman–Crippen LogP) is 2.13. The van der Waals surface area contributed by atoms with Crippen molar-refractivity contribution < 1.29 is 18.7 Å². The Hall–Kier alpha value is -2.67. The molecule has 2 heterocycles. The number of rotatable bonds is 10. The van der Waals surface area contributed by atoms with Crippen LogP contribution in [0.15, 0.2) is 34.9 Å². The minimum absolute atomic E-state index is 0.0961. The van der Waals surface area contributed by atoms with Crippen molar-refractivity contribution in [1.29, 1.82) is 0 Å². The lowest BCUT2D eigenvalue weighted by Gasteiger charge is -2.22. The molecule has 0 saturated carbocycles. The molecule has 0 fully saturated rings. The normalized spacial score (nSPS) is 10.6. The summed E-state index contributed by atoms with van der Waals surface area (Å²) in [6.45, 7) is 5.23. The van der Waals surface area contributed by atoms with E-state index in [1.54, 1.807) is 38.1 Å². The number of aryl methyl sites for hydroxylation is 2. The van der Waals surface area contributed by atoms with Crippen LogP contribution in [-0.2, 0) is 16.0 Å². The highest BCUT2D eigenvalue weighted by atomic mass is 16.5. The summed E-state index contributed by atoms with van der Waals surface area (Å²) in [6.07, 6.45) is 2.63. The second kappa shape index (κ2) is 10.5. The zero-order valence-corrected chi connectivity index (χ0v) is 16.2. The average molecular weight is 373 g/mol. The fourth-order valence-corrected chi connectivity index (χ4v) is 2.73.